The third kappa shape index (κ3) is 2.77. The summed E-state index contributed by atoms with van der Waals surface area (Å²) in [6.45, 7) is 1.63. The molecule has 2 aliphatic rings. The SMILES string of the molecule is NC(=O)CC(N)C(=O)N1CC2CCCCC2C1. The molecule has 4 N–H and O–H groups in total. The van der Waals surface area contributed by atoms with Crippen molar-refractivity contribution in [2.75, 3.05) is 13.1 Å². The number of nitrogens with zero attached hydrogens (tertiary/aromatic N) is 1. The minimum Gasteiger partial charge on any atom is -0.370 e. The van der Waals surface area contributed by atoms with Crippen molar-refractivity contribution < 1.29 is 9.59 Å². The number of hydrogen-bond acceptors (Lipinski definition) is 3. The van der Waals surface area contributed by atoms with Crippen LogP contribution in [0.4, 0.5) is 0 Å². The molecule has 1 aliphatic heterocycles. The first kappa shape index (κ1) is 12.4. The van der Waals surface area contributed by atoms with Crippen molar-refractivity contribution in [2.24, 2.45) is 23.3 Å². The van der Waals surface area contributed by atoms with Gasteiger partial charge in [-0.15, -0.1) is 0 Å². The number of amides is 2. The molecule has 1 saturated carbocycles. The lowest BCUT2D eigenvalue weighted by Gasteiger charge is -2.22. The maximum atomic E-state index is 12.0. The molecule has 0 aromatic rings. The van der Waals surface area contributed by atoms with E-state index in [4.69, 9.17) is 11.5 Å². The molecular formula is C12H21N3O2. The van der Waals surface area contributed by atoms with Gasteiger partial charge in [0, 0.05) is 13.1 Å². The van der Waals surface area contributed by atoms with E-state index in [0.717, 1.165) is 13.1 Å². The van der Waals surface area contributed by atoms with Gasteiger partial charge in [0.15, 0.2) is 0 Å². The van der Waals surface area contributed by atoms with Crippen molar-refractivity contribution in [1.82, 2.24) is 4.90 Å². The molecule has 1 saturated heterocycles. The Kier molecular flexibility index (Phi) is 3.66. The minimum absolute atomic E-state index is 0.0509. The van der Waals surface area contributed by atoms with Crippen LogP contribution in [0.2, 0.25) is 0 Å². The number of carbonyl (C=O) groups is 2. The molecule has 1 aliphatic carbocycles. The van der Waals surface area contributed by atoms with Gasteiger partial charge in [0.2, 0.25) is 11.8 Å². The maximum Gasteiger partial charge on any atom is 0.240 e. The van der Waals surface area contributed by atoms with Gasteiger partial charge >= 0.3 is 0 Å². The van der Waals surface area contributed by atoms with Gasteiger partial charge in [-0.2, -0.15) is 0 Å². The normalized spacial score (nSPS) is 29.8. The largest absolute Gasteiger partial charge is 0.370 e. The number of fused-ring (bicyclic) bond motifs is 1. The summed E-state index contributed by atoms with van der Waals surface area (Å²) in [7, 11) is 0. The number of nitrogens with two attached hydrogens (primary N) is 2. The molecule has 0 radical (unpaired) electrons. The summed E-state index contributed by atoms with van der Waals surface area (Å²) in [5.41, 5.74) is 10.8. The molecule has 2 fully saturated rings. The molecule has 0 bridgehead atoms. The summed E-state index contributed by atoms with van der Waals surface area (Å²) in [5, 5.41) is 0. The maximum absolute atomic E-state index is 12.0. The van der Waals surface area contributed by atoms with Gasteiger partial charge < -0.3 is 16.4 Å². The van der Waals surface area contributed by atoms with Gasteiger partial charge in [-0.05, 0) is 24.7 Å². The molecule has 3 atom stereocenters. The van der Waals surface area contributed by atoms with Crippen LogP contribution in [0.1, 0.15) is 32.1 Å². The molecule has 0 spiro atoms. The van der Waals surface area contributed by atoms with Crippen molar-refractivity contribution in [2.45, 2.75) is 38.1 Å². The fourth-order valence-electron chi connectivity index (χ4n) is 3.12. The molecule has 5 nitrogen and oxygen atoms in total. The Labute approximate surface area is 102 Å². The molecule has 96 valence electrons. The van der Waals surface area contributed by atoms with Crippen LogP contribution in [0.25, 0.3) is 0 Å². The van der Waals surface area contributed by atoms with Gasteiger partial charge in [0.1, 0.15) is 0 Å². The lowest BCUT2D eigenvalue weighted by molar-refractivity contribution is -0.133. The Morgan fingerprint density at radius 1 is 1.18 bits per heavy atom. The second-order valence-corrected chi connectivity index (χ2v) is 5.32. The van der Waals surface area contributed by atoms with Gasteiger partial charge in [0.05, 0.1) is 12.5 Å². The first-order valence-electron chi connectivity index (χ1n) is 6.40. The standard InChI is InChI=1S/C12H21N3O2/c13-10(5-11(14)16)12(17)15-6-8-3-1-2-4-9(8)7-15/h8-10H,1-7,13H2,(H2,14,16). The van der Waals surface area contributed by atoms with E-state index in [9.17, 15) is 9.59 Å². The van der Waals surface area contributed by atoms with E-state index >= 15 is 0 Å². The third-order valence-electron chi connectivity index (χ3n) is 4.03. The predicted molar refractivity (Wildman–Crippen MR) is 63.8 cm³/mol. The summed E-state index contributed by atoms with van der Waals surface area (Å²) in [6, 6.07) is -0.757. The smallest absolute Gasteiger partial charge is 0.240 e. The van der Waals surface area contributed by atoms with Crippen molar-refractivity contribution >= 4 is 11.8 Å². The van der Waals surface area contributed by atoms with Crippen molar-refractivity contribution in [3.05, 3.63) is 0 Å². The number of primary amides is 1. The Balaban J connectivity index is 1.90. The Hall–Kier alpha value is -1.10. The second-order valence-electron chi connectivity index (χ2n) is 5.32. The van der Waals surface area contributed by atoms with Crippen LogP contribution in [0.3, 0.4) is 0 Å². The molecule has 2 amide bonds. The average Bonchev–Trinajstić information content (AvgIpc) is 2.70. The second kappa shape index (κ2) is 5.04. The summed E-state index contributed by atoms with van der Waals surface area (Å²) >= 11 is 0. The van der Waals surface area contributed by atoms with Crippen LogP contribution in [0.5, 0.6) is 0 Å². The highest BCUT2D eigenvalue weighted by molar-refractivity contribution is 5.87. The van der Waals surface area contributed by atoms with Crippen LogP contribution in [-0.2, 0) is 9.59 Å². The highest BCUT2D eigenvalue weighted by Crippen LogP contribution is 2.36. The number of hydrogen-bond donors (Lipinski definition) is 2. The average molecular weight is 239 g/mol. The van der Waals surface area contributed by atoms with E-state index in [2.05, 4.69) is 0 Å². The zero-order valence-electron chi connectivity index (χ0n) is 10.1. The first-order valence-corrected chi connectivity index (χ1v) is 6.40. The monoisotopic (exact) mass is 239 g/mol. The van der Waals surface area contributed by atoms with Gasteiger partial charge in [-0.3, -0.25) is 9.59 Å². The molecule has 5 heteroatoms. The molecule has 3 unspecified atom stereocenters. The highest BCUT2D eigenvalue weighted by atomic mass is 16.2. The van der Waals surface area contributed by atoms with Crippen LogP contribution in [0, 0.1) is 11.8 Å². The van der Waals surface area contributed by atoms with Crippen LogP contribution >= 0.6 is 0 Å². The van der Waals surface area contributed by atoms with E-state index in [1.165, 1.54) is 25.7 Å². The third-order valence-corrected chi connectivity index (χ3v) is 4.03. The Morgan fingerprint density at radius 2 is 1.71 bits per heavy atom. The van der Waals surface area contributed by atoms with Crippen LogP contribution in [0.15, 0.2) is 0 Å². The summed E-state index contributed by atoms with van der Waals surface area (Å²) < 4.78 is 0. The Bertz CT molecular complexity index is 305. The van der Waals surface area contributed by atoms with Crippen LogP contribution in [-0.4, -0.2) is 35.8 Å². The van der Waals surface area contributed by atoms with Crippen molar-refractivity contribution in [3.8, 4) is 0 Å². The quantitative estimate of drug-likeness (QED) is 0.717. The van der Waals surface area contributed by atoms with Gasteiger partial charge in [-0.1, -0.05) is 12.8 Å². The van der Waals surface area contributed by atoms with E-state index < -0.39 is 11.9 Å². The lowest BCUT2D eigenvalue weighted by atomic mass is 9.82. The zero-order valence-corrected chi connectivity index (χ0v) is 10.1. The number of likely N-dealkylation sites (tertiary alicyclic amines) is 1. The molecule has 0 aromatic heterocycles. The molecule has 1 heterocycles. The molecule has 2 rings (SSSR count). The van der Waals surface area contributed by atoms with E-state index in [1.54, 1.807) is 0 Å². The van der Waals surface area contributed by atoms with Gasteiger partial charge in [-0.25, -0.2) is 0 Å². The highest BCUT2D eigenvalue weighted by Gasteiger charge is 2.37. The van der Waals surface area contributed by atoms with E-state index in [1.807, 2.05) is 4.90 Å². The van der Waals surface area contributed by atoms with Gasteiger partial charge in [0.25, 0.3) is 0 Å². The first-order chi connectivity index (χ1) is 8.08. The predicted octanol–water partition coefficient (Wildman–Crippen LogP) is -0.162. The van der Waals surface area contributed by atoms with E-state index in [0.29, 0.717) is 11.8 Å². The molecule has 17 heavy (non-hydrogen) atoms. The molecular weight excluding hydrogens is 218 g/mol. The fraction of sp³-hybridized carbons (Fsp3) is 0.833. The number of carbonyl (C=O) groups excluding carboxylic acids is 2. The summed E-state index contributed by atoms with van der Waals surface area (Å²) in [4.78, 5) is 24.6. The zero-order chi connectivity index (χ0) is 12.4. The fourth-order valence-corrected chi connectivity index (χ4v) is 3.12. The Morgan fingerprint density at radius 3 is 2.18 bits per heavy atom. The van der Waals surface area contributed by atoms with Crippen molar-refractivity contribution in [1.29, 1.82) is 0 Å². The minimum atomic E-state index is -0.757. The summed E-state index contributed by atoms with van der Waals surface area (Å²) in [5.74, 6) is 0.669. The topological polar surface area (TPSA) is 89.4 Å². The summed E-state index contributed by atoms with van der Waals surface area (Å²) in [6.07, 6.45) is 4.94. The van der Waals surface area contributed by atoms with Crippen molar-refractivity contribution in [3.63, 3.8) is 0 Å². The lowest BCUT2D eigenvalue weighted by Crippen LogP contribution is -2.44. The van der Waals surface area contributed by atoms with E-state index in [-0.39, 0.29) is 12.3 Å². The number of rotatable bonds is 3. The van der Waals surface area contributed by atoms with Crippen LogP contribution < -0.4 is 11.5 Å². The molecule has 0 aromatic carbocycles.